The number of rotatable bonds is 5. The highest BCUT2D eigenvalue weighted by Gasteiger charge is 2.38. The highest BCUT2D eigenvalue weighted by Crippen LogP contribution is 2.30. The number of sulfone groups is 1. The summed E-state index contributed by atoms with van der Waals surface area (Å²) >= 11 is 0. The molecule has 1 unspecified atom stereocenters. The molecule has 0 N–H and O–H groups in total. The molecule has 3 heteroatoms. The van der Waals surface area contributed by atoms with Crippen LogP contribution < -0.4 is 0 Å². The first-order valence-corrected chi connectivity index (χ1v) is 6.60. The second-order valence-corrected chi connectivity index (χ2v) is 7.17. The minimum absolute atomic E-state index is 0.260. The smallest absolute Gasteiger partial charge is 0.158 e. The van der Waals surface area contributed by atoms with Crippen LogP contribution in [0.5, 0.6) is 0 Å². The molecule has 0 aliphatic heterocycles. The lowest BCUT2D eigenvalue weighted by molar-refractivity contribution is 0.482. The molecular formula is C10H22O2S. The average Bonchev–Trinajstić information content (AvgIpc) is 2.04. The molecule has 0 aliphatic carbocycles. The van der Waals surface area contributed by atoms with Crippen molar-refractivity contribution in [3.8, 4) is 0 Å². The van der Waals surface area contributed by atoms with Gasteiger partial charge in [-0.3, -0.25) is 0 Å². The normalized spacial score (nSPS) is 17.4. The van der Waals surface area contributed by atoms with Crippen LogP contribution in [-0.2, 0) is 9.84 Å². The molecule has 0 aromatic rings. The molecule has 0 heterocycles. The standard InChI is InChI=1S/C10H22O2S/c1-6-8-10(5,7-2)13(11,12)9(3)4/h9H,6-8H2,1-5H3. The van der Waals surface area contributed by atoms with E-state index in [1.54, 1.807) is 13.8 Å². The van der Waals surface area contributed by atoms with Crippen molar-refractivity contribution in [2.45, 2.75) is 63.9 Å². The monoisotopic (exact) mass is 206 g/mol. The maximum atomic E-state index is 12.0. The second-order valence-electron chi connectivity index (χ2n) is 4.15. The Kier molecular flexibility index (Phi) is 4.43. The van der Waals surface area contributed by atoms with Gasteiger partial charge in [0.15, 0.2) is 9.84 Å². The third-order valence-corrected chi connectivity index (χ3v) is 5.94. The van der Waals surface area contributed by atoms with Gasteiger partial charge in [0, 0.05) is 0 Å². The van der Waals surface area contributed by atoms with E-state index in [1.807, 2.05) is 20.8 Å². The summed E-state index contributed by atoms with van der Waals surface area (Å²) in [6.07, 6.45) is 2.40. The van der Waals surface area contributed by atoms with E-state index in [9.17, 15) is 8.42 Å². The van der Waals surface area contributed by atoms with Gasteiger partial charge in [0.05, 0.1) is 10.00 Å². The van der Waals surface area contributed by atoms with E-state index in [4.69, 9.17) is 0 Å². The molecule has 0 spiro atoms. The van der Waals surface area contributed by atoms with Gasteiger partial charge in [0.25, 0.3) is 0 Å². The van der Waals surface area contributed by atoms with Crippen molar-refractivity contribution in [3.63, 3.8) is 0 Å². The molecule has 0 aromatic heterocycles. The topological polar surface area (TPSA) is 34.1 Å². The molecule has 0 aromatic carbocycles. The van der Waals surface area contributed by atoms with E-state index >= 15 is 0 Å². The minimum atomic E-state index is -2.95. The lowest BCUT2D eigenvalue weighted by Gasteiger charge is -2.29. The Labute approximate surface area is 82.6 Å². The number of hydrogen-bond acceptors (Lipinski definition) is 2. The Balaban J connectivity index is 4.96. The maximum Gasteiger partial charge on any atom is 0.158 e. The van der Waals surface area contributed by atoms with Crippen molar-refractivity contribution >= 4 is 9.84 Å². The summed E-state index contributed by atoms with van der Waals surface area (Å²) in [7, 11) is -2.95. The highest BCUT2D eigenvalue weighted by atomic mass is 32.2. The molecule has 0 rings (SSSR count). The lowest BCUT2D eigenvalue weighted by atomic mass is 10.0. The van der Waals surface area contributed by atoms with Crippen molar-refractivity contribution in [3.05, 3.63) is 0 Å². The summed E-state index contributed by atoms with van der Waals surface area (Å²) in [6, 6.07) is 0. The largest absolute Gasteiger partial charge is 0.228 e. The Bertz CT molecular complexity index is 242. The second kappa shape index (κ2) is 4.45. The summed E-state index contributed by atoms with van der Waals surface area (Å²) in [6.45, 7) is 9.38. The average molecular weight is 206 g/mol. The zero-order chi connectivity index (χ0) is 10.7. The Morgan fingerprint density at radius 2 is 1.69 bits per heavy atom. The van der Waals surface area contributed by atoms with Gasteiger partial charge in [0.1, 0.15) is 0 Å². The summed E-state index contributed by atoms with van der Waals surface area (Å²) < 4.78 is 23.4. The van der Waals surface area contributed by atoms with Crippen molar-refractivity contribution in [2.75, 3.05) is 0 Å². The van der Waals surface area contributed by atoms with Crippen molar-refractivity contribution in [2.24, 2.45) is 0 Å². The van der Waals surface area contributed by atoms with E-state index in [1.165, 1.54) is 0 Å². The van der Waals surface area contributed by atoms with E-state index in [-0.39, 0.29) is 5.25 Å². The molecule has 0 saturated heterocycles. The molecule has 80 valence electrons. The molecule has 0 aliphatic rings. The summed E-state index contributed by atoms with van der Waals surface area (Å²) in [5, 5.41) is -0.260. The third-order valence-electron chi connectivity index (χ3n) is 2.83. The van der Waals surface area contributed by atoms with Crippen molar-refractivity contribution in [1.29, 1.82) is 0 Å². The first kappa shape index (κ1) is 12.9. The molecule has 0 bridgehead atoms. The first-order chi connectivity index (χ1) is 5.81. The molecule has 0 amide bonds. The van der Waals surface area contributed by atoms with E-state index < -0.39 is 14.6 Å². The quantitative estimate of drug-likeness (QED) is 0.693. The van der Waals surface area contributed by atoms with E-state index in [0.29, 0.717) is 6.42 Å². The predicted molar refractivity (Wildman–Crippen MR) is 57.7 cm³/mol. The fourth-order valence-electron chi connectivity index (χ4n) is 1.62. The van der Waals surface area contributed by atoms with Crippen LogP contribution in [-0.4, -0.2) is 18.4 Å². The maximum absolute atomic E-state index is 12.0. The molecule has 2 nitrogen and oxygen atoms in total. The minimum Gasteiger partial charge on any atom is -0.228 e. The summed E-state index contributed by atoms with van der Waals surface area (Å²) in [4.78, 5) is 0. The first-order valence-electron chi connectivity index (χ1n) is 5.05. The molecule has 1 atom stereocenters. The van der Waals surface area contributed by atoms with E-state index in [0.717, 1.165) is 12.8 Å². The molecule has 0 saturated carbocycles. The van der Waals surface area contributed by atoms with Gasteiger partial charge in [0.2, 0.25) is 0 Å². The van der Waals surface area contributed by atoms with Gasteiger partial charge >= 0.3 is 0 Å². The fraction of sp³-hybridized carbons (Fsp3) is 1.00. The van der Waals surface area contributed by atoms with Gasteiger partial charge in [-0.15, -0.1) is 0 Å². The van der Waals surface area contributed by atoms with Crippen LogP contribution in [0, 0.1) is 0 Å². The van der Waals surface area contributed by atoms with E-state index in [2.05, 4.69) is 0 Å². The molecule has 0 fully saturated rings. The van der Waals surface area contributed by atoms with Gasteiger partial charge in [-0.25, -0.2) is 8.42 Å². The highest BCUT2D eigenvalue weighted by molar-refractivity contribution is 7.93. The van der Waals surface area contributed by atoms with Gasteiger partial charge in [-0.1, -0.05) is 20.3 Å². The van der Waals surface area contributed by atoms with Crippen LogP contribution in [0.3, 0.4) is 0 Å². The van der Waals surface area contributed by atoms with Gasteiger partial charge in [-0.05, 0) is 33.6 Å². The Hall–Kier alpha value is -0.0500. The SMILES string of the molecule is CCCC(C)(CC)S(=O)(=O)C(C)C. The summed E-state index contributed by atoms with van der Waals surface area (Å²) in [5.41, 5.74) is 0. The third kappa shape index (κ3) is 2.46. The van der Waals surface area contributed by atoms with Crippen LogP contribution in [0.25, 0.3) is 0 Å². The van der Waals surface area contributed by atoms with Crippen molar-refractivity contribution in [1.82, 2.24) is 0 Å². The van der Waals surface area contributed by atoms with Crippen molar-refractivity contribution < 1.29 is 8.42 Å². The van der Waals surface area contributed by atoms with Crippen LogP contribution in [0.15, 0.2) is 0 Å². The van der Waals surface area contributed by atoms with Crippen LogP contribution in [0.1, 0.15) is 53.9 Å². The fourth-order valence-corrected chi connectivity index (χ4v) is 3.65. The van der Waals surface area contributed by atoms with Crippen LogP contribution >= 0.6 is 0 Å². The zero-order valence-corrected chi connectivity index (χ0v) is 10.2. The molecule has 13 heavy (non-hydrogen) atoms. The van der Waals surface area contributed by atoms with Crippen LogP contribution in [0.2, 0.25) is 0 Å². The molecule has 0 radical (unpaired) electrons. The van der Waals surface area contributed by atoms with Gasteiger partial charge in [-0.2, -0.15) is 0 Å². The zero-order valence-electron chi connectivity index (χ0n) is 9.42. The lowest BCUT2D eigenvalue weighted by Crippen LogP contribution is -2.39. The molecular weight excluding hydrogens is 184 g/mol. The van der Waals surface area contributed by atoms with Gasteiger partial charge < -0.3 is 0 Å². The number of hydrogen-bond donors (Lipinski definition) is 0. The summed E-state index contributed by atoms with van der Waals surface area (Å²) in [5.74, 6) is 0. The Morgan fingerprint density at radius 1 is 1.23 bits per heavy atom. The van der Waals surface area contributed by atoms with Crippen LogP contribution in [0.4, 0.5) is 0 Å². The Morgan fingerprint density at radius 3 is 1.92 bits per heavy atom. The predicted octanol–water partition coefficient (Wildman–Crippen LogP) is 2.78.